The molecule has 0 saturated heterocycles. The smallest absolute Gasteiger partial charge is 0.0493 e. The third-order valence-corrected chi connectivity index (χ3v) is 9.48. The van der Waals surface area contributed by atoms with Crippen LogP contribution in [0.2, 0.25) is 18.3 Å². The van der Waals surface area contributed by atoms with Gasteiger partial charge in [-0.1, -0.05) is 25.2 Å². The molecule has 0 heterocycles. The lowest BCUT2D eigenvalue weighted by Gasteiger charge is -2.09. The summed E-state index contributed by atoms with van der Waals surface area (Å²) in [5.41, 5.74) is 1.65. The summed E-state index contributed by atoms with van der Waals surface area (Å²) >= 11 is 0. The van der Waals surface area contributed by atoms with Crippen LogP contribution >= 0.6 is 0 Å². The normalized spacial score (nSPS) is 15.0. The SMILES string of the molecule is CC[SiH](CNC)C[SiH2]C. The maximum Gasteiger partial charge on any atom is 0.0493 e. The predicted octanol–water partition coefficient (Wildman–Crippen LogP) is 0.166. The van der Waals surface area contributed by atoms with E-state index in [1.807, 2.05) is 0 Å². The van der Waals surface area contributed by atoms with Crippen LogP contribution in [0.3, 0.4) is 0 Å². The Morgan fingerprint density at radius 1 is 1.56 bits per heavy atom. The Labute approximate surface area is 62.7 Å². The van der Waals surface area contributed by atoms with Crippen molar-refractivity contribution in [3.8, 4) is 0 Å². The molecule has 0 aromatic rings. The van der Waals surface area contributed by atoms with Gasteiger partial charge in [0.05, 0.1) is 0 Å². The fourth-order valence-corrected chi connectivity index (χ4v) is 7.73. The monoisotopic (exact) mass is 161 g/mol. The van der Waals surface area contributed by atoms with E-state index in [0.717, 1.165) is 0 Å². The van der Waals surface area contributed by atoms with Crippen LogP contribution in [-0.2, 0) is 0 Å². The molecule has 0 spiro atoms. The lowest BCUT2D eigenvalue weighted by molar-refractivity contribution is 0.950. The molecule has 0 aliphatic rings. The highest BCUT2D eigenvalue weighted by Gasteiger charge is 2.03. The van der Waals surface area contributed by atoms with E-state index < -0.39 is 0 Å². The van der Waals surface area contributed by atoms with E-state index in [9.17, 15) is 0 Å². The van der Waals surface area contributed by atoms with Gasteiger partial charge in [0.15, 0.2) is 0 Å². The highest BCUT2D eigenvalue weighted by atomic mass is 28.3. The summed E-state index contributed by atoms with van der Waals surface area (Å²) in [5.74, 6) is 0. The van der Waals surface area contributed by atoms with Crippen LogP contribution in [0, 0.1) is 0 Å². The van der Waals surface area contributed by atoms with Gasteiger partial charge in [-0.3, -0.25) is 0 Å². The van der Waals surface area contributed by atoms with Crippen molar-refractivity contribution in [1.29, 1.82) is 0 Å². The van der Waals surface area contributed by atoms with Crippen molar-refractivity contribution in [2.24, 2.45) is 0 Å². The molecule has 9 heavy (non-hydrogen) atoms. The second-order valence-electron chi connectivity index (χ2n) is 2.62. The van der Waals surface area contributed by atoms with Crippen molar-refractivity contribution in [2.45, 2.75) is 25.2 Å². The van der Waals surface area contributed by atoms with Crippen molar-refractivity contribution in [2.75, 3.05) is 13.2 Å². The Hall–Kier alpha value is 0.394. The first-order valence-corrected chi connectivity index (χ1v) is 8.86. The molecule has 0 radical (unpaired) electrons. The van der Waals surface area contributed by atoms with Gasteiger partial charge in [-0.15, -0.1) is 0 Å². The Kier molecular flexibility index (Phi) is 6.80. The predicted molar refractivity (Wildman–Crippen MR) is 50.8 cm³/mol. The highest BCUT2D eigenvalue weighted by Crippen LogP contribution is 1.94. The molecule has 0 bridgehead atoms. The van der Waals surface area contributed by atoms with Gasteiger partial charge in [0.1, 0.15) is 0 Å². The molecule has 1 nitrogen and oxygen atoms in total. The first kappa shape index (κ1) is 9.39. The average molecular weight is 161 g/mol. The van der Waals surface area contributed by atoms with Crippen molar-refractivity contribution in [3.05, 3.63) is 0 Å². The van der Waals surface area contributed by atoms with Crippen LogP contribution in [0.1, 0.15) is 6.92 Å². The zero-order valence-electron chi connectivity index (χ0n) is 6.91. The lowest BCUT2D eigenvalue weighted by Crippen LogP contribution is -2.28. The first-order valence-electron chi connectivity index (χ1n) is 3.99. The zero-order valence-corrected chi connectivity index (χ0v) is 9.47. The second kappa shape index (κ2) is 6.51. The molecule has 0 aliphatic carbocycles. The fourth-order valence-electron chi connectivity index (χ4n) is 1.15. The number of rotatable bonds is 5. The molecule has 1 atom stereocenters. The summed E-state index contributed by atoms with van der Waals surface area (Å²) in [7, 11) is 2.17. The minimum absolute atomic E-state index is 0.262. The molecule has 0 fully saturated rings. The van der Waals surface area contributed by atoms with E-state index in [4.69, 9.17) is 0 Å². The van der Waals surface area contributed by atoms with Gasteiger partial charge in [-0.2, -0.15) is 0 Å². The van der Waals surface area contributed by atoms with Crippen LogP contribution in [0.15, 0.2) is 0 Å². The zero-order chi connectivity index (χ0) is 7.11. The molecule has 1 N–H and O–H groups in total. The van der Waals surface area contributed by atoms with E-state index in [1.165, 1.54) is 12.2 Å². The van der Waals surface area contributed by atoms with E-state index in [1.54, 1.807) is 5.67 Å². The Morgan fingerprint density at radius 3 is 2.56 bits per heavy atom. The molecule has 0 aromatic heterocycles. The average Bonchev–Trinajstić information content (AvgIpc) is 1.88. The van der Waals surface area contributed by atoms with Crippen molar-refractivity contribution in [1.82, 2.24) is 5.32 Å². The Balaban J connectivity index is 3.18. The van der Waals surface area contributed by atoms with Gasteiger partial charge in [-0.05, 0) is 13.2 Å². The summed E-state index contributed by atoms with van der Waals surface area (Å²) in [6, 6.07) is 1.49. The maximum absolute atomic E-state index is 3.29. The van der Waals surface area contributed by atoms with Crippen molar-refractivity contribution < 1.29 is 0 Å². The van der Waals surface area contributed by atoms with Gasteiger partial charge >= 0.3 is 0 Å². The van der Waals surface area contributed by atoms with Crippen LogP contribution in [-0.4, -0.2) is 31.5 Å². The van der Waals surface area contributed by atoms with E-state index in [0.29, 0.717) is 9.52 Å². The van der Waals surface area contributed by atoms with Gasteiger partial charge in [0, 0.05) is 18.3 Å². The second-order valence-corrected chi connectivity index (χ2v) is 8.89. The van der Waals surface area contributed by atoms with Crippen molar-refractivity contribution in [3.63, 3.8) is 0 Å². The fraction of sp³-hybridized carbons (Fsp3) is 1.00. The molecular weight excluding hydrogens is 142 g/mol. The van der Waals surface area contributed by atoms with E-state index in [2.05, 4.69) is 25.8 Å². The molecule has 0 aromatic carbocycles. The molecule has 3 heteroatoms. The first-order chi connectivity index (χ1) is 4.35. The molecule has 0 amide bonds. The van der Waals surface area contributed by atoms with Gasteiger partial charge in [-0.25, -0.2) is 0 Å². The molecular formula is C6H19NSi2. The quantitative estimate of drug-likeness (QED) is 0.567. The van der Waals surface area contributed by atoms with Gasteiger partial charge in [0.25, 0.3) is 0 Å². The number of nitrogens with one attached hydrogen (secondary N) is 1. The third kappa shape index (κ3) is 4.87. The number of hydrogen-bond acceptors (Lipinski definition) is 1. The molecule has 0 saturated carbocycles. The molecule has 0 rings (SSSR count). The highest BCUT2D eigenvalue weighted by molar-refractivity contribution is 6.69. The van der Waals surface area contributed by atoms with Crippen LogP contribution in [0.25, 0.3) is 0 Å². The summed E-state index contributed by atoms with van der Waals surface area (Å²) in [5, 5.41) is 3.29. The molecule has 56 valence electrons. The van der Waals surface area contributed by atoms with Crippen LogP contribution in [0.5, 0.6) is 0 Å². The topological polar surface area (TPSA) is 12.0 Å². The maximum atomic E-state index is 3.29. The largest absolute Gasteiger partial charge is 0.323 e. The minimum Gasteiger partial charge on any atom is -0.323 e. The number of hydrogen-bond donors (Lipinski definition) is 1. The van der Waals surface area contributed by atoms with Crippen LogP contribution in [0.4, 0.5) is 0 Å². The summed E-state index contributed by atoms with van der Waals surface area (Å²) in [6.45, 7) is 4.77. The molecule has 1 unspecified atom stereocenters. The lowest BCUT2D eigenvalue weighted by atomic mass is 11.0. The summed E-state index contributed by atoms with van der Waals surface area (Å²) in [4.78, 5) is 0. The summed E-state index contributed by atoms with van der Waals surface area (Å²) in [6.07, 6.45) is 1.36. The van der Waals surface area contributed by atoms with Gasteiger partial charge in [0.2, 0.25) is 0 Å². The Bertz CT molecular complexity index is 53.0. The third-order valence-electron chi connectivity index (χ3n) is 1.77. The van der Waals surface area contributed by atoms with Gasteiger partial charge < -0.3 is 5.32 Å². The van der Waals surface area contributed by atoms with Crippen molar-refractivity contribution >= 4 is 18.3 Å². The standard InChI is InChI=1S/C6H19NSi2/c1-4-9(5-7-2)6-8-3/h7,9H,4-6,8H2,1-3H3. The van der Waals surface area contributed by atoms with Crippen LogP contribution < -0.4 is 5.32 Å². The van der Waals surface area contributed by atoms with E-state index in [-0.39, 0.29) is 8.80 Å². The minimum atomic E-state index is -0.262. The van der Waals surface area contributed by atoms with E-state index >= 15 is 0 Å². The molecule has 0 aliphatic heterocycles. The Morgan fingerprint density at radius 2 is 2.22 bits per heavy atom. The summed E-state index contributed by atoms with van der Waals surface area (Å²) < 4.78 is 0.